The molecule has 0 radical (unpaired) electrons. The molecule has 0 saturated heterocycles. The van der Waals surface area contributed by atoms with E-state index in [0.717, 1.165) is 23.6 Å². The fourth-order valence-electron chi connectivity index (χ4n) is 1.94. The summed E-state index contributed by atoms with van der Waals surface area (Å²) in [7, 11) is 0. The van der Waals surface area contributed by atoms with Crippen LogP contribution in [0.5, 0.6) is 0 Å². The molecule has 0 aliphatic heterocycles. The highest BCUT2D eigenvalue weighted by atomic mass is 16.3. The minimum atomic E-state index is -0.240. The molecule has 106 valence electrons. The Bertz CT molecular complexity index is 572. The molecule has 2 amide bonds. The number of anilines is 1. The Morgan fingerprint density at radius 2 is 1.90 bits per heavy atom. The topological polar surface area (TPSA) is 54.3 Å². The Labute approximate surface area is 119 Å². The van der Waals surface area contributed by atoms with E-state index >= 15 is 0 Å². The molecular weight excluding hydrogens is 252 g/mol. The standard InChI is InChI=1S/C16H20N2O2/c1-4-13-6-8-14(9-7-13)18-16(19)17-12(3)15-10-5-11(2)20-15/h5-10,12H,4H2,1-3H3,(H2,17,18,19)/t12-/m0/s1. The van der Waals surface area contributed by atoms with Crippen LogP contribution in [0.1, 0.15) is 37.0 Å². The molecule has 0 bridgehead atoms. The van der Waals surface area contributed by atoms with E-state index in [0.29, 0.717) is 0 Å². The molecule has 4 nitrogen and oxygen atoms in total. The highest BCUT2D eigenvalue weighted by Gasteiger charge is 2.12. The van der Waals surface area contributed by atoms with E-state index in [2.05, 4.69) is 17.6 Å². The first-order valence-electron chi connectivity index (χ1n) is 6.81. The number of rotatable bonds is 4. The number of amides is 2. The zero-order chi connectivity index (χ0) is 14.5. The summed E-state index contributed by atoms with van der Waals surface area (Å²) in [6, 6.07) is 11.2. The zero-order valence-corrected chi connectivity index (χ0v) is 12.1. The Morgan fingerprint density at radius 3 is 2.45 bits per heavy atom. The van der Waals surface area contributed by atoms with Gasteiger partial charge in [-0.2, -0.15) is 0 Å². The van der Waals surface area contributed by atoms with E-state index in [1.807, 2.05) is 50.2 Å². The van der Waals surface area contributed by atoms with Crippen LogP contribution in [0.2, 0.25) is 0 Å². The van der Waals surface area contributed by atoms with E-state index in [9.17, 15) is 4.79 Å². The summed E-state index contributed by atoms with van der Waals surface area (Å²) < 4.78 is 5.48. The van der Waals surface area contributed by atoms with E-state index < -0.39 is 0 Å². The van der Waals surface area contributed by atoms with Gasteiger partial charge < -0.3 is 15.1 Å². The van der Waals surface area contributed by atoms with E-state index in [-0.39, 0.29) is 12.1 Å². The molecule has 1 aromatic carbocycles. The molecule has 0 unspecified atom stereocenters. The first-order chi connectivity index (χ1) is 9.58. The number of aryl methyl sites for hydroxylation is 2. The SMILES string of the molecule is CCc1ccc(NC(=O)N[C@@H](C)c2ccc(C)o2)cc1. The van der Waals surface area contributed by atoms with Crippen LogP contribution in [0.25, 0.3) is 0 Å². The van der Waals surface area contributed by atoms with Crippen molar-refractivity contribution in [2.75, 3.05) is 5.32 Å². The van der Waals surface area contributed by atoms with Gasteiger partial charge in [0.05, 0.1) is 6.04 Å². The van der Waals surface area contributed by atoms with Gasteiger partial charge in [-0.3, -0.25) is 0 Å². The first-order valence-corrected chi connectivity index (χ1v) is 6.81. The summed E-state index contributed by atoms with van der Waals surface area (Å²) >= 11 is 0. The third kappa shape index (κ3) is 3.63. The predicted octanol–water partition coefficient (Wildman–Crippen LogP) is 4.03. The number of urea groups is 1. The van der Waals surface area contributed by atoms with E-state index in [1.54, 1.807) is 0 Å². The molecule has 20 heavy (non-hydrogen) atoms. The average Bonchev–Trinajstić information content (AvgIpc) is 2.86. The number of nitrogens with one attached hydrogen (secondary N) is 2. The molecule has 0 fully saturated rings. The number of carbonyl (C=O) groups excluding carboxylic acids is 1. The van der Waals surface area contributed by atoms with Crippen molar-refractivity contribution in [3.05, 3.63) is 53.5 Å². The number of furan rings is 1. The van der Waals surface area contributed by atoms with Crippen LogP contribution in [0, 0.1) is 6.92 Å². The fraction of sp³-hybridized carbons (Fsp3) is 0.312. The molecule has 0 saturated carbocycles. The van der Waals surface area contributed by atoms with Gasteiger partial charge in [-0.05, 0) is 50.1 Å². The van der Waals surface area contributed by atoms with Gasteiger partial charge in [0.25, 0.3) is 0 Å². The van der Waals surface area contributed by atoms with Gasteiger partial charge in [0.15, 0.2) is 0 Å². The maximum atomic E-state index is 11.9. The van der Waals surface area contributed by atoms with Crippen LogP contribution in [0.15, 0.2) is 40.8 Å². The van der Waals surface area contributed by atoms with Crippen LogP contribution < -0.4 is 10.6 Å². The molecule has 1 heterocycles. The van der Waals surface area contributed by atoms with E-state index in [4.69, 9.17) is 4.42 Å². The fourth-order valence-corrected chi connectivity index (χ4v) is 1.94. The monoisotopic (exact) mass is 272 g/mol. The Morgan fingerprint density at radius 1 is 1.20 bits per heavy atom. The average molecular weight is 272 g/mol. The second-order valence-electron chi connectivity index (χ2n) is 4.82. The molecule has 2 rings (SSSR count). The van der Waals surface area contributed by atoms with Crippen molar-refractivity contribution in [3.63, 3.8) is 0 Å². The van der Waals surface area contributed by atoms with Crippen LogP contribution in [0.3, 0.4) is 0 Å². The van der Waals surface area contributed by atoms with Gasteiger partial charge in [-0.1, -0.05) is 19.1 Å². The second kappa shape index (κ2) is 6.28. The summed E-state index contributed by atoms with van der Waals surface area (Å²) in [6.07, 6.45) is 0.987. The van der Waals surface area contributed by atoms with Gasteiger partial charge >= 0.3 is 6.03 Å². The van der Waals surface area contributed by atoms with Crippen molar-refractivity contribution in [2.45, 2.75) is 33.2 Å². The predicted molar refractivity (Wildman–Crippen MR) is 79.8 cm³/mol. The molecule has 4 heteroatoms. The lowest BCUT2D eigenvalue weighted by Crippen LogP contribution is -2.30. The number of hydrogen-bond acceptors (Lipinski definition) is 2. The molecular formula is C16H20N2O2. The van der Waals surface area contributed by atoms with Crippen LogP contribution in [-0.4, -0.2) is 6.03 Å². The van der Waals surface area contributed by atoms with Gasteiger partial charge in [-0.25, -0.2) is 4.79 Å². The van der Waals surface area contributed by atoms with Crippen molar-refractivity contribution < 1.29 is 9.21 Å². The summed E-state index contributed by atoms with van der Waals surface area (Å²) in [4.78, 5) is 11.9. The van der Waals surface area contributed by atoms with Gasteiger partial charge in [-0.15, -0.1) is 0 Å². The quantitative estimate of drug-likeness (QED) is 0.882. The Hall–Kier alpha value is -2.23. The molecule has 0 aliphatic rings. The minimum absolute atomic E-state index is 0.168. The van der Waals surface area contributed by atoms with Gasteiger partial charge in [0, 0.05) is 5.69 Å². The highest BCUT2D eigenvalue weighted by molar-refractivity contribution is 5.89. The van der Waals surface area contributed by atoms with Crippen LogP contribution >= 0.6 is 0 Å². The third-order valence-electron chi connectivity index (χ3n) is 3.16. The molecule has 0 spiro atoms. The Balaban J connectivity index is 1.91. The zero-order valence-electron chi connectivity index (χ0n) is 12.1. The largest absolute Gasteiger partial charge is 0.464 e. The molecule has 2 N–H and O–H groups in total. The van der Waals surface area contributed by atoms with Crippen molar-refractivity contribution in [1.29, 1.82) is 0 Å². The highest BCUT2D eigenvalue weighted by Crippen LogP contribution is 2.16. The van der Waals surface area contributed by atoms with Gasteiger partial charge in [0.1, 0.15) is 11.5 Å². The number of carbonyl (C=O) groups is 1. The number of benzene rings is 1. The number of hydrogen-bond donors (Lipinski definition) is 2. The Kier molecular flexibility index (Phi) is 4.45. The van der Waals surface area contributed by atoms with Crippen molar-refractivity contribution in [2.24, 2.45) is 0 Å². The van der Waals surface area contributed by atoms with Crippen molar-refractivity contribution >= 4 is 11.7 Å². The summed E-state index contributed by atoms with van der Waals surface area (Å²) in [5, 5.41) is 5.65. The molecule has 1 atom stereocenters. The second-order valence-corrected chi connectivity index (χ2v) is 4.82. The van der Waals surface area contributed by atoms with Crippen LogP contribution in [0.4, 0.5) is 10.5 Å². The van der Waals surface area contributed by atoms with Crippen molar-refractivity contribution in [3.8, 4) is 0 Å². The molecule has 0 aliphatic carbocycles. The lowest BCUT2D eigenvalue weighted by molar-refractivity contribution is 0.247. The van der Waals surface area contributed by atoms with E-state index in [1.165, 1.54) is 5.56 Å². The molecule has 2 aromatic rings. The smallest absolute Gasteiger partial charge is 0.319 e. The third-order valence-corrected chi connectivity index (χ3v) is 3.16. The van der Waals surface area contributed by atoms with Crippen molar-refractivity contribution in [1.82, 2.24) is 5.32 Å². The molecule has 1 aromatic heterocycles. The lowest BCUT2D eigenvalue weighted by Gasteiger charge is -2.12. The minimum Gasteiger partial charge on any atom is -0.464 e. The van der Waals surface area contributed by atoms with Crippen LogP contribution in [-0.2, 0) is 6.42 Å². The maximum absolute atomic E-state index is 11.9. The first kappa shape index (κ1) is 14.2. The lowest BCUT2D eigenvalue weighted by atomic mass is 10.1. The maximum Gasteiger partial charge on any atom is 0.319 e. The summed E-state index contributed by atoms with van der Waals surface area (Å²) in [5.74, 6) is 1.59. The summed E-state index contributed by atoms with van der Waals surface area (Å²) in [5.41, 5.74) is 2.03. The summed E-state index contributed by atoms with van der Waals surface area (Å²) in [6.45, 7) is 5.87. The van der Waals surface area contributed by atoms with Gasteiger partial charge in [0.2, 0.25) is 0 Å². The normalized spacial score (nSPS) is 11.9.